The number of hydrogen-bond acceptors (Lipinski definition) is 2. The lowest BCUT2D eigenvalue weighted by molar-refractivity contribution is 0.147. The van der Waals surface area contributed by atoms with E-state index >= 15 is 0 Å². The highest BCUT2D eigenvalue weighted by Gasteiger charge is 2.09. The van der Waals surface area contributed by atoms with Gasteiger partial charge in [-0.05, 0) is 24.0 Å². The average Bonchev–Trinajstić information content (AvgIpc) is 2.53. The lowest BCUT2D eigenvalue weighted by Gasteiger charge is -2.13. The zero-order valence-electron chi connectivity index (χ0n) is 11.7. The minimum absolute atomic E-state index is 0.398. The number of benzene rings is 2. The highest BCUT2D eigenvalue weighted by Crippen LogP contribution is 2.23. The van der Waals surface area contributed by atoms with Crippen LogP contribution in [0.2, 0.25) is 0 Å². The van der Waals surface area contributed by atoms with Gasteiger partial charge in [0.2, 0.25) is 0 Å². The number of aliphatic hydroxyl groups excluding tert-OH is 2. The summed E-state index contributed by atoms with van der Waals surface area (Å²) in [5.41, 5.74) is 1.94. The largest absolute Gasteiger partial charge is 0.388 e. The highest BCUT2D eigenvalue weighted by molar-refractivity contribution is 5.18. The van der Waals surface area contributed by atoms with Crippen LogP contribution in [-0.2, 0) is 0 Å². The Morgan fingerprint density at radius 1 is 0.600 bits per heavy atom. The Hall–Kier alpha value is -1.64. The van der Waals surface area contributed by atoms with Crippen LogP contribution >= 0.6 is 0 Å². The summed E-state index contributed by atoms with van der Waals surface area (Å²) in [7, 11) is 0. The van der Waals surface area contributed by atoms with Crippen LogP contribution in [0.4, 0.5) is 0 Å². The lowest BCUT2D eigenvalue weighted by Crippen LogP contribution is -1.99. The quantitative estimate of drug-likeness (QED) is 0.746. The van der Waals surface area contributed by atoms with Crippen LogP contribution in [0.3, 0.4) is 0 Å². The Balaban J connectivity index is 1.69. The van der Waals surface area contributed by atoms with Crippen LogP contribution in [0.15, 0.2) is 60.7 Å². The second-order valence-corrected chi connectivity index (χ2v) is 5.14. The van der Waals surface area contributed by atoms with Gasteiger partial charge in [0.05, 0.1) is 12.2 Å². The minimum atomic E-state index is -0.398. The van der Waals surface area contributed by atoms with Gasteiger partial charge in [0, 0.05) is 0 Å². The molecule has 0 spiro atoms. The highest BCUT2D eigenvalue weighted by atomic mass is 16.3. The van der Waals surface area contributed by atoms with E-state index in [0.717, 1.165) is 36.8 Å². The van der Waals surface area contributed by atoms with Gasteiger partial charge in [-0.1, -0.05) is 73.5 Å². The standard InChI is InChI=1S/C18H22O2/c19-17(15-9-3-1-4-10-15)13-7-8-14-18(20)16-11-5-2-6-12-16/h1-6,9-12,17-20H,7-8,13-14H2/t17-,18-/m1/s1. The lowest BCUT2D eigenvalue weighted by atomic mass is 10.00. The van der Waals surface area contributed by atoms with E-state index in [9.17, 15) is 10.2 Å². The summed E-state index contributed by atoms with van der Waals surface area (Å²) in [6.45, 7) is 0. The minimum Gasteiger partial charge on any atom is -0.388 e. The molecule has 0 bridgehead atoms. The Morgan fingerprint density at radius 3 is 1.30 bits per heavy atom. The molecule has 0 saturated heterocycles. The van der Waals surface area contributed by atoms with Crippen LogP contribution < -0.4 is 0 Å². The summed E-state index contributed by atoms with van der Waals surface area (Å²) in [5.74, 6) is 0. The number of unbranched alkanes of at least 4 members (excludes halogenated alkanes) is 1. The molecule has 2 heteroatoms. The van der Waals surface area contributed by atoms with Gasteiger partial charge < -0.3 is 10.2 Å². The number of hydrogen-bond donors (Lipinski definition) is 2. The van der Waals surface area contributed by atoms with Crippen LogP contribution in [0.5, 0.6) is 0 Å². The second-order valence-electron chi connectivity index (χ2n) is 5.14. The summed E-state index contributed by atoms with van der Waals surface area (Å²) in [4.78, 5) is 0. The van der Waals surface area contributed by atoms with Crippen LogP contribution in [-0.4, -0.2) is 10.2 Å². The monoisotopic (exact) mass is 270 g/mol. The van der Waals surface area contributed by atoms with Crippen molar-refractivity contribution in [2.24, 2.45) is 0 Å². The van der Waals surface area contributed by atoms with Crippen molar-refractivity contribution >= 4 is 0 Å². The summed E-state index contributed by atoms with van der Waals surface area (Å²) < 4.78 is 0. The number of aliphatic hydroxyl groups is 2. The summed E-state index contributed by atoms with van der Waals surface area (Å²) >= 11 is 0. The van der Waals surface area contributed by atoms with E-state index in [1.165, 1.54) is 0 Å². The zero-order chi connectivity index (χ0) is 14.2. The molecule has 2 nitrogen and oxygen atoms in total. The van der Waals surface area contributed by atoms with Crippen molar-refractivity contribution in [1.29, 1.82) is 0 Å². The number of rotatable bonds is 7. The van der Waals surface area contributed by atoms with Crippen molar-refractivity contribution < 1.29 is 10.2 Å². The van der Waals surface area contributed by atoms with Gasteiger partial charge in [-0.2, -0.15) is 0 Å². The molecule has 2 rings (SSSR count). The molecule has 0 aromatic heterocycles. The molecular weight excluding hydrogens is 248 g/mol. The van der Waals surface area contributed by atoms with Crippen molar-refractivity contribution in [3.05, 3.63) is 71.8 Å². The molecule has 0 aliphatic carbocycles. The summed E-state index contributed by atoms with van der Waals surface area (Å²) in [6.07, 6.45) is 2.52. The maximum Gasteiger partial charge on any atom is 0.0790 e. The first kappa shape index (κ1) is 14.8. The van der Waals surface area contributed by atoms with Crippen molar-refractivity contribution in [2.45, 2.75) is 37.9 Å². The smallest absolute Gasteiger partial charge is 0.0790 e. The molecule has 20 heavy (non-hydrogen) atoms. The van der Waals surface area contributed by atoms with Crippen molar-refractivity contribution in [1.82, 2.24) is 0 Å². The van der Waals surface area contributed by atoms with Crippen LogP contribution in [0, 0.1) is 0 Å². The molecule has 106 valence electrons. The van der Waals surface area contributed by atoms with Gasteiger partial charge >= 0.3 is 0 Å². The molecule has 0 amide bonds. The predicted octanol–water partition coefficient (Wildman–Crippen LogP) is 4.01. The third-order valence-electron chi connectivity index (χ3n) is 3.57. The first-order valence-corrected chi connectivity index (χ1v) is 7.23. The van der Waals surface area contributed by atoms with E-state index in [4.69, 9.17) is 0 Å². The van der Waals surface area contributed by atoms with Gasteiger partial charge in [-0.15, -0.1) is 0 Å². The third-order valence-corrected chi connectivity index (χ3v) is 3.57. The zero-order valence-corrected chi connectivity index (χ0v) is 11.7. The van der Waals surface area contributed by atoms with Gasteiger partial charge in [-0.25, -0.2) is 0 Å². The first-order valence-electron chi connectivity index (χ1n) is 7.23. The molecular formula is C18H22O2. The van der Waals surface area contributed by atoms with Gasteiger partial charge in [0.15, 0.2) is 0 Å². The summed E-state index contributed by atoms with van der Waals surface area (Å²) in [5, 5.41) is 20.1. The van der Waals surface area contributed by atoms with E-state index in [1.54, 1.807) is 0 Å². The van der Waals surface area contributed by atoms with E-state index in [1.807, 2.05) is 60.7 Å². The molecule has 2 aromatic carbocycles. The maximum atomic E-state index is 10.0. The first-order chi connectivity index (χ1) is 9.77. The topological polar surface area (TPSA) is 40.5 Å². The van der Waals surface area contributed by atoms with Gasteiger partial charge in [0.1, 0.15) is 0 Å². The molecule has 2 atom stereocenters. The normalized spacial score (nSPS) is 13.9. The van der Waals surface area contributed by atoms with E-state index in [-0.39, 0.29) is 0 Å². The molecule has 0 aliphatic rings. The van der Waals surface area contributed by atoms with E-state index in [2.05, 4.69) is 0 Å². The fourth-order valence-electron chi connectivity index (χ4n) is 2.36. The van der Waals surface area contributed by atoms with Crippen molar-refractivity contribution in [3.63, 3.8) is 0 Å². The van der Waals surface area contributed by atoms with Crippen LogP contribution in [0.1, 0.15) is 49.0 Å². The Bertz CT molecular complexity index is 434. The molecule has 0 aliphatic heterocycles. The van der Waals surface area contributed by atoms with E-state index < -0.39 is 12.2 Å². The molecule has 2 aromatic rings. The maximum absolute atomic E-state index is 10.0. The van der Waals surface area contributed by atoms with Gasteiger partial charge in [-0.3, -0.25) is 0 Å². The Labute approximate surface area is 120 Å². The Kier molecular flexibility index (Phi) is 5.78. The molecule has 0 unspecified atom stereocenters. The third kappa shape index (κ3) is 4.48. The van der Waals surface area contributed by atoms with Crippen molar-refractivity contribution in [3.8, 4) is 0 Å². The molecule has 0 saturated carbocycles. The van der Waals surface area contributed by atoms with Gasteiger partial charge in [0.25, 0.3) is 0 Å². The molecule has 0 heterocycles. The Morgan fingerprint density at radius 2 is 0.950 bits per heavy atom. The predicted molar refractivity (Wildman–Crippen MR) is 81.3 cm³/mol. The SMILES string of the molecule is O[C@H](CCCC[C@@H](O)c1ccccc1)c1ccccc1. The molecule has 0 radical (unpaired) electrons. The van der Waals surface area contributed by atoms with E-state index in [0.29, 0.717) is 0 Å². The molecule has 0 fully saturated rings. The second kappa shape index (κ2) is 7.83. The van der Waals surface area contributed by atoms with Crippen LogP contribution in [0.25, 0.3) is 0 Å². The fraction of sp³-hybridized carbons (Fsp3) is 0.333. The average molecular weight is 270 g/mol. The summed E-state index contributed by atoms with van der Waals surface area (Å²) in [6, 6.07) is 19.5. The fourth-order valence-corrected chi connectivity index (χ4v) is 2.36. The molecule has 2 N–H and O–H groups in total. The van der Waals surface area contributed by atoms with Crippen molar-refractivity contribution in [2.75, 3.05) is 0 Å².